The molecule has 0 fully saturated rings. The number of methoxy groups -OCH3 is 1. The zero-order chi connectivity index (χ0) is 15.5. The molecule has 1 N–H and O–H groups in total. The quantitative estimate of drug-likeness (QED) is 0.735. The fourth-order valence-corrected chi connectivity index (χ4v) is 2.59. The Balaban J connectivity index is 2.13. The van der Waals surface area contributed by atoms with Crippen LogP contribution in [0.25, 0.3) is 16.8 Å². The van der Waals surface area contributed by atoms with Crippen molar-refractivity contribution in [3.63, 3.8) is 0 Å². The average Bonchev–Trinajstić information content (AvgIpc) is 2.84. The standard InChI is InChI=1S/C17H20N4O/c1-12-11-15(18-9-10-22-3)21-17(19-12)16(13(2)20-21)14-7-5-4-6-8-14/h4-8,11,18H,9-10H2,1-3H3. The summed E-state index contributed by atoms with van der Waals surface area (Å²) in [5.74, 6) is 0.935. The molecule has 0 aliphatic rings. The van der Waals surface area contributed by atoms with Gasteiger partial charge in [-0.05, 0) is 19.4 Å². The van der Waals surface area contributed by atoms with Crippen molar-refractivity contribution in [3.8, 4) is 11.1 Å². The van der Waals surface area contributed by atoms with Crippen LogP contribution < -0.4 is 5.32 Å². The molecule has 0 aliphatic heterocycles. The van der Waals surface area contributed by atoms with Crippen LogP contribution in [-0.2, 0) is 4.74 Å². The van der Waals surface area contributed by atoms with E-state index in [9.17, 15) is 0 Å². The number of ether oxygens (including phenoxy) is 1. The summed E-state index contributed by atoms with van der Waals surface area (Å²) in [6.45, 7) is 5.40. The zero-order valence-corrected chi connectivity index (χ0v) is 13.1. The lowest BCUT2D eigenvalue weighted by Crippen LogP contribution is -2.12. The van der Waals surface area contributed by atoms with Gasteiger partial charge in [-0.1, -0.05) is 30.3 Å². The third kappa shape index (κ3) is 2.67. The molecular weight excluding hydrogens is 276 g/mol. The molecule has 114 valence electrons. The van der Waals surface area contributed by atoms with Crippen LogP contribution in [0.3, 0.4) is 0 Å². The molecule has 0 radical (unpaired) electrons. The predicted octanol–water partition coefficient (Wildman–Crippen LogP) is 3.07. The molecule has 3 rings (SSSR count). The van der Waals surface area contributed by atoms with E-state index >= 15 is 0 Å². The van der Waals surface area contributed by atoms with Gasteiger partial charge in [-0.3, -0.25) is 0 Å². The Morgan fingerprint density at radius 3 is 2.68 bits per heavy atom. The summed E-state index contributed by atoms with van der Waals surface area (Å²) in [6.07, 6.45) is 0. The lowest BCUT2D eigenvalue weighted by atomic mass is 10.1. The van der Waals surface area contributed by atoms with E-state index in [2.05, 4.69) is 22.5 Å². The summed E-state index contributed by atoms with van der Waals surface area (Å²) in [5, 5.41) is 8.02. The van der Waals surface area contributed by atoms with Gasteiger partial charge in [0.05, 0.1) is 12.3 Å². The lowest BCUT2D eigenvalue weighted by molar-refractivity contribution is 0.210. The number of benzene rings is 1. The number of nitrogens with zero attached hydrogens (tertiary/aromatic N) is 3. The maximum Gasteiger partial charge on any atom is 0.165 e. The van der Waals surface area contributed by atoms with Crippen molar-refractivity contribution >= 4 is 11.5 Å². The molecule has 2 aromatic heterocycles. The van der Waals surface area contributed by atoms with Crippen molar-refractivity contribution in [2.75, 3.05) is 25.6 Å². The highest BCUT2D eigenvalue weighted by Crippen LogP contribution is 2.28. The molecule has 5 nitrogen and oxygen atoms in total. The Kier molecular flexibility index (Phi) is 4.06. The minimum atomic E-state index is 0.647. The molecule has 0 aliphatic carbocycles. The summed E-state index contributed by atoms with van der Waals surface area (Å²) in [6, 6.07) is 12.3. The Morgan fingerprint density at radius 2 is 1.95 bits per heavy atom. The van der Waals surface area contributed by atoms with Crippen LogP contribution in [0.15, 0.2) is 36.4 Å². The normalized spacial score (nSPS) is 11.0. The molecule has 0 saturated heterocycles. The second kappa shape index (κ2) is 6.15. The first kappa shape index (κ1) is 14.5. The number of nitrogens with one attached hydrogen (secondary N) is 1. The van der Waals surface area contributed by atoms with Crippen LogP contribution in [0.2, 0.25) is 0 Å². The average molecular weight is 296 g/mol. The molecule has 3 aromatic rings. The van der Waals surface area contributed by atoms with E-state index in [4.69, 9.17) is 9.72 Å². The van der Waals surface area contributed by atoms with Crippen molar-refractivity contribution < 1.29 is 4.74 Å². The van der Waals surface area contributed by atoms with Crippen molar-refractivity contribution in [1.82, 2.24) is 14.6 Å². The van der Waals surface area contributed by atoms with Crippen LogP contribution in [0.1, 0.15) is 11.4 Å². The Labute approximate surface area is 130 Å². The summed E-state index contributed by atoms with van der Waals surface area (Å²) in [7, 11) is 1.70. The highest BCUT2D eigenvalue weighted by Gasteiger charge is 2.15. The van der Waals surface area contributed by atoms with Gasteiger partial charge in [0, 0.05) is 31.0 Å². The maximum absolute atomic E-state index is 5.10. The summed E-state index contributed by atoms with van der Waals surface area (Å²) in [4.78, 5) is 4.69. The van der Waals surface area contributed by atoms with Gasteiger partial charge in [-0.15, -0.1) is 0 Å². The zero-order valence-electron chi connectivity index (χ0n) is 13.1. The van der Waals surface area contributed by atoms with Gasteiger partial charge < -0.3 is 10.1 Å². The monoisotopic (exact) mass is 296 g/mol. The molecule has 5 heteroatoms. The Bertz CT molecular complexity index is 780. The number of anilines is 1. The molecular formula is C17H20N4O. The number of aromatic nitrogens is 3. The van der Waals surface area contributed by atoms with Crippen LogP contribution in [0.4, 0.5) is 5.82 Å². The van der Waals surface area contributed by atoms with Crippen molar-refractivity contribution in [2.24, 2.45) is 0 Å². The van der Waals surface area contributed by atoms with E-state index < -0.39 is 0 Å². The van der Waals surface area contributed by atoms with E-state index in [1.54, 1.807) is 7.11 Å². The van der Waals surface area contributed by atoms with E-state index in [0.717, 1.165) is 40.5 Å². The SMILES string of the molecule is COCCNc1cc(C)nc2c(-c3ccccc3)c(C)nn12. The summed E-state index contributed by atoms with van der Waals surface area (Å²) >= 11 is 0. The highest BCUT2D eigenvalue weighted by atomic mass is 16.5. The minimum absolute atomic E-state index is 0.647. The van der Waals surface area contributed by atoms with Crippen LogP contribution in [-0.4, -0.2) is 34.9 Å². The Hall–Kier alpha value is -2.40. The Morgan fingerprint density at radius 1 is 1.18 bits per heavy atom. The van der Waals surface area contributed by atoms with Gasteiger partial charge in [-0.2, -0.15) is 9.61 Å². The van der Waals surface area contributed by atoms with Gasteiger partial charge in [0.2, 0.25) is 0 Å². The maximum atomic E-state index is 5.10. The minimum Gasteiger partial charge on any atom is -0.383 e. The number of hydrogen-bond donors (Lipinski definition) is 1. The first-order valence-corrected chi connectivity index (χ1v) is 7.36. The second-order valence-corrected chi connectivity index (χ2v) is 5.26. The van der Waals surface area contributed by atoms with E-state index in [1.807, 2.05) is 42.6 Å². The predicted molar refractivity (Wildman–Crippen MR) is 88.3 cm³/mol. The summed E-state index contributed by atoms with van der Waals surface area (Å²) in [5.41, 5.74) is 5.03. The third-order valence-corrected chi connectivity index (χ3v) is 3.57. The van der Waals surface area contributed by atoms with Gasteiger partial charge >= 0.3 is 0 Å². The smallest absolute Gasteiger partial charge is 0.165 e. The van der Waals surface area contributed by atoms with E-state index in [1.165, 1.54) is 0 Å². The van der Waals surface area contributed by atoms with Crippen LogP contribution in [0, 0.1) is 13.8 Å². The lowest BCUT2D eigenvalue weighted by Gasteiger charge is -2.09. The molecule has 0 bridgehead atoms. The van der Waals surface area contributed by atoms with Gasteiger partial charge in [-0.25, -0.2) is 4.98 Å². The molecule has 0 unspecified atom stereocenters. The number of fused-ring (bicyclic) bond motifs is 1. The number of aryl methyl sites for hydroxylation is 2. The molecule has 22 heavy (non-hydrogen) atoms. The van der Waals surface area contributed by atoms with Crippen LogP contribution in [0.5, 0.6) is 0 Å². The van der Waals surface area contributed by atoms with Crippen molar-refractivity contribution in [2.45, 2.75) is 13.8 Å². The van der Waals surface area contributed by atoms with E-state index in [-0.39, 0.29) is 0 Å². The molecule has 2 heterocycles. The third-order valence-electron chi connectivity index (χ3n) is 3.57. The molecule has 0 saturated carbocycles. The second-order valence-electron chi connectivity index (χ2n) is 5.26. The summed E-state index contributed by atoms with van der Waals surface area (Å²) < 4.78 is 6.97. The highest BCUT2D eigenvalue weighted by molar-refractivity contribution is 5.80. The number of hydrogen-bond acceptors (Lipinski definition) is 4. The first-order valence-electron chi connectivity index (χ1n) is 7.36. The molecule has 0 atom stereocenters. The largest absolute Gasteiger partial charge is 0.383 e. The van der Waals surface area contributed by atoms with Crippen molar-refractivity contribution in [3.05, 3.63) is 47.8 Å². The molecule has 0 spiro atoms. The number of rotatable bonds is 5. The topological polar surface area (TPSA) is 51.5 Å². The molecule has 1 aromatic carbocycles. The van der Waals surface area contributed by atoms with Crippen LogP contribution >= 0.6 is 0 Å². The van der Waals surface area contributed by atoms with Gasteiger partial charge in [0.1, 0.15) is 5.82 Å². The van der Waals surface area contributed by atoms with Gasteiger partial charge in [0.25, 0.3) is 0 Å². The van der Waals surface area contributed by atoms with Gasteiger partial charge in [0.15, 0.2) is 5.65 Å². The van der Waals surface area contributed by atoms with Crippen molar-refractivity contribution in [1.29, 1.82) is 0 Å². The fraction of sp³-hybridized carbons (Fsp3) is 0.294. The molecule has 0 amide bonds. The fourth-order valence-electron chi connectivity index (χ4n) is 2.59. The van der Waals surface area contributed by atoms with E-state index in [0.29, 0.717) is 6.61 Å². The first-order chi connectivity index (χ1) is 10.7.